The molecule has 2 aromatic carbocycles. The summed E-state index contributed by atoms with van der Waals surface area (Å²) in [5.74, 6) is -7.35. The fourth-order valence-corrected chi connectivity index (χ4v) is 9.89. The number of Topliss-reactive ketones (excluding diaryl/α,β-unsaturated/α-hetero) is 1. The summed E-state index contributed by atoms with van der Waals surface area (Å²) in [6.45, 7) is 7.95. The van der Waals surface area contributed by atoms with Crippen molar-refractivity contribution in [3.05, 3.63) is 82.9 Å². The van der Waals surface area contributed by atoms with E-state index in [0.717, 1.165) is 19.4 Å². The first kappa shape index (κ1) is 43.1. The van der Waals surface area contributed by atoms with E-state index in [0.29, 0.717) is 0 Å². The Labute approximate surface area is 354 Å². The van der Waals surface area contributed by atoms with Crippen LogP contribution in [-0.2, 0) is 57.1 Å². The van der Waals surface area contributed by atoms with Gasteiger partial charge in [0, 0.05) is 32.1 Å². The van der Waals surface area contributed by atoms with Crippen LogP contribution in [0.25, 0.3) is 0 Å². The molecule has 2 aromatic rings. The Bertz CT molecular complexity index is 2100. The molecular formula is C42H43Cl3O14. The molecule has 3 aliphatic carbocycles. The molecule has 2 saturated heterocycles. The third-order valence-corrected chi connectivity index (χ3v) is 13.2. The van der Waals surface area contributed by atoms with Gasteiger partial charge in [-0.1, -0.05) is 97.2 Å². The van der Waals surface area contributed by atoms with E-state index in [2.05, 4.69) is 0 Å². The number of rotatable bonds is 8. The van der Waals surface area contributed by atoms with Gasteiger partial charge in [0.15, 0.2) is 23.6 Å². The van der Waals surface area contributed by atoms with E-state index in [1.54, 1.807) is 63.2 Å². The molecule has 5 aliphatic rings. The Morgan fingerprint density at radius 2 is 1.49 bits per heavy atom. The molecule has 2 aliphatic heterocycles. The van der Waals surface area contributed by atoms with Crippen molar-refractivity contribution >= 4 is 70.4 Å². The lowest BCUT2D eigenvalue weighted by Gasteiger charge is -2.67. The third-order valence-electron chi connectivity index (χ3n) is 12.7. The van der Waals surface area contributed by atoms with Gasteiger partial charge in [-0.05, 0) is 42.7 Å². The summed E-state index contributed by atoms with van der Waals surface area (Å²) in [6, 6.07) is 16.8. The van der Waals surface area contributed by atoms with Gasteiger partial charge in [-0.15, -0.1) is 0 Å². The number of epoxide rings is 1. The molecule has 17 heteroatoms. The quantitative estimate of drug-likeness (QED) is 0.119. The highest BCUT2D eigenvalue weighted by Crippen LogP contribution is 2.65. The molecule has 0 spiro atoms. The summed E-state index contributed by atoms with van der Waals surface area (Å²) in [6.07, 6.45) is -10.1. The minimum absolute atomic E-state index is 0.0287. The maximum absolute atomic E-state index is 15.8. The molecule has 0 aromatic heterocycles. The fourth-order valence-electron chi connectivity index (χ4n) is 9.76. The molecule has 7 rings (SSSR count). The molecule has 2 heterocycles. The molecule has 316 valence electrons. The number of ether oxygens (including phenoxy) is 7. The predicted octanol–water partition coefficient (Wildman–Crippen LogP) is 5.26. The molecule has 2 saturated carbocycles. The number of carbonyl (C=O) groups is 6. The molecule has 11 atom stereocenters. The SMILES string of the molecule is CC(=O)O[C@H]1C(=O)[C@@]2(C)C(C(OC(=O)c3ccccc3)[C@]3(O)C[C@H](OC(=O)[C@@H]4O[C@@H]4c4ccccc4)C(C)=C1C3(C)C)[C@]1(OC(C)=O)CO[C@@H]1C[C@@H]2OC(=O)C(Cl)(Cl)Cl. The minimum Gasteiger partial charge on any atom is -0.458 e. The van der Waals surface area contributed by atoms with Crippen LogP contribution in [0.15, 0.2) is 71.8 Å². The number of fused-ring (bicyclic) bond motifs is 5. The van der Waals surface area contributed by atoms with Gasteiger partial charge in [-0.3, -0.25) is 14.4 Å². The second-order valence-electron chi connectivity index (χ2n) is 16.4. The molecule has 4 fully saturated rings. The van der Waals surface area contributed by atoms with Crippen molar-refractivity contribution in [2.45, 2.75) is 112 Å². The van der Waals surface area contributed by atoms with Crippen molar-refractivity contribution < 1.29 is 67.0 Å². The molecule has 0 amide bonds. The maximum atomic E-state index is 15.8. The Morgan fingerprint density at radius 1 is 0.864 bits per heavy atom. The van der Waals surface area contributed by atoms with Crippen molar-refractivity contribution in [3.8, 4) is 0 Å². The van der Waals surface area contributed by atoms with Gasteiger partial charge in [-0.25, -0.2) is 14.4 Å². The van der Waals surface area contributed by atoms with Crippen molar-refractivity contribution in [3.63, 3.8) is 0 Å². The zero-order valence-electron chi connectivity index (χ0n) is 32.9. The van der Waals surface area contributed by atoms with Gasteiger partial charge >= 0.3 is 29.8 Å². The van der Waals surface area contributed by atoms with Gasteiger partial charge in [0.25, 0.3) is 3.79 Å². The number of benzene rings is 2. The molecule has 0 radical (unpaired) electrons. The largest absolute Gasteiger partial charge is 0.458 e. The van der Waals surface area contributed by atoms with Crippen LogP contribution in [0.3, 0.4) is 0 Å². The second kappa shape index (κ2) is 15.1. The van der Waals surface area contributed by atoms with Crippen LogP contribution in [0, 0.1) is 16.7 Å². The summed E-state index contributed by atoms with van der Waals surface area (Å²) in [7, 11) is 0. The number of carbonyl (C=O) groups excluding carboxylic acids is 6. The summed E-state index contributed by atoms with van der Waals surface area (Å²) in [4.78, 5) is 83.5. The van der Waals surface area contributed by atoms with E-state index in [1.165, 1.54) is 19.1 Å². The molecule has 1 N–H and O–H groups in total. The Balaban J connectivity index is 1.46. The van der Waals surface area contributed by atoms with Crippen LogP contribution in [-0.4, -0.2) is 99.0 Å². The number of ketones is 1. The molecule has 2 unspecified atom stereocenters. The van der Waals surface area contributed by atoms with Crippen molar-refractivity contribution in [1.29, 1.82) is 0 Å². The average molecular weight is 878 g/mol. The van der Waals surface area contributed by atoms with Crippen molar-refractivity contribution in [1.82, 2.24) is 0 Å². The van der Waals surface area contributed by atoms with Crippen molar-refractivity contribution in [2.75, 3.05) is 6.61 Å². The van der Waals surface area contributed by atoms with E-state index in [1.807, 2.05) is 6.07 Å². The molecule has 14 nitrogen and oxygen atoms in total. The van der Waals surface area contributed by atoms with Gasteiger partial charge in [0.05, 0.1) is 23.5 Å². The molecule has 2 bridgehead atoms. The Hall–Kier alpha value is -4.05. The maximum Gasteiger partial charge on any atom is 0.358 e. The Morgan fingerprint density at radius 3 is 2.05 bits per heavy atom. The lowest BCUT2D eigenvalue weighted by molar-refractivity contribution is -0.346. The van der Waals surface area contributed by atoms with E-state index >= 15 is 4.79 Å². The summed E-state index contributed by atoms with van der Waals surface area (Å²) in [5.41, 5.74) is -6.94. The highest BCUT2D eigenvalue weighted by Gasteiger charge is 2.79. The zero-order chi connectivity index (χ0) is 43.0. The van der Waals surface area contributed by atoms with Crippen LogP contribution in [0.1, 0.15) is 76.4 Å². The number of hydrogen-bond donors (Lipinski definition) is 1. The molecule has 59 heavy (non-hydrogen) atoms. The predicted molar refractivity (Wildman–Crippen MR) is 207 cm³/mol. The highest BCUT2D eigenvalue weighted by atomic mass is 35.6. The highest BCUT2D eigenvalue weighted by molar-refractivity contribution is 6.75. The second-order valence-corrected chi connectivity index (χ2v) is 18.7. The standard InChI is InChI=1S/C42H43Cl3O14/c1-20-25(55-36(50)31-29(57-31)23-13-9-7-10-14-23)18-41(52)34(58-35(49)24-15-11-8-12-16-24)32-39(6,33(48)30(54-21(2)46)28(20)38(41,4)5)26(56-37(51)42(43,44)45)17-27-40(32,19-53-27)59-22(3)47/h7-16,25-27,29-32,34,52H,17-19H2,1-6H3/t25-,26-,27+,29+,30+,31+,32?,34?,39+,40-,41+/m0/s1. The topological polar surface area (TPSA) is 191 Å². The first-order valence-electron chi connectivity index (χ1n) is 19.0. The first-order valence-corrected chi connectivity index (χ1v) is 20.1. The molecular weight excluding hydrogens is 835 g/mol. The number of hydrogen-bond acceptors (Lipinski definition) is 14. The van der Waals surface area contributed by atoms with E-state index in [-0.39, 0.29) is 29.7 Å². The van der Waals surface area contributed by atoms with Crippen LogP contribution < -0.4 is 0 Å². The van der Waals surface area contributed by atoms with E-state index in [4.69, 9.17) is 68.0 Å². The minimum atomic E-state index is -2.63. The van der Waals surface area contributed by atoms with Gasteiger partial charge < -0.3 is 38.3 Å². The van der Waals surface area contributed by atoms with Gasteiger partial charge in [0.1, 0.15) is 36.1 Å². The lowest BCUT2D eigenvalue weighted by Crippen LogP contribution is -2.82. The smallest absolute Gasteiger partial charge is 0.358 e. The Kier molecular flexibility index (Phi) is 11.0. The van der Waals surface area contributed by atoms with Crippen LogP contribution in [0.4, 0.5) is 0 Å². The summed E-state index contributed by atoms with van der Waals surface area (Å²) in [5, 5.41) is 13.7. The van der Waals surface area contributed by atoms with Crippen LogP contribution in [0.5, 0.6) is 0 Å². The van der Waals surface area contributed by atoms with E-state index in [9.17, 15) is 29.1 Å². The number of alkyl halides is 3. The normalized spacial score (nSPS) is 35.6. The monoisotopic (exact) mass is 876 g/mol. The van der Waals surface area contributed by atoms with Crippen molar-refractivity contribution in [2.24, 2.45) is 16.7 Å². The third kappa shape index (κ3) is 7.13. The first-order chi connectivity index (χ1) is 27.6. The van der Waals surface area contributed by atoms with Gasteiger partial charge in [0.2, 0.25) is 0 Å². The zero-order valence-corrected chi connectivity index (χ0v) is 35.2. The summed E-state index contributed by atoms with van der Waals surface area (Å²) >= 11 is 17.9. The number of halogens is 3. The summed E-state index contributed by atoms with van der Waals surface area (Å²) < 4.78 is 39.4. The average Bonchev–Trinajstić information content (AvgIpc) is 3.97. The van der Waals surface area contributed by atoms with Crippen LogP contribution >= 0.6 is 34.8 Å². The number of aliphatic hydroxyl groups is 1. The lowest BCUT2D eigenvalue weighted by atomic mass is 9.44. The van der Waals surface area contributed by atoms with Crippen LogP contribution in [0.2, 0.25) is 0 Å². The van der Waals surface area contributed by atoms with E-state index < -0.39 is 117 Å². The van der Waals surface area contributed by atoms with Gasteiger partial charge in [-0.2, -0.15) is 0 Å². The number of esters is 5. The fraction of sp³-hybridized carbons (Fsp3) is 0.524.